The first-order valence-electron chi connectivity index (χ1n) is 12.5. The fourth-order valence-corrected chi connectivity index (χ4v) is 5.24. The number of aromatic nitrogens is 2. The average Bonchev–Trinajstić information content (AvgIpc) is 3.22. The van der Waals surface area contributed by atoms with Crippen molar-refractivity contribution in [3.05, 3.63) is 88.1 Å². The van der Waals surface area contributed by atoms with Crippen LogP contribution >= 0.6 is 11.6 Å². The summed E-state index contributed by atoms with van der Waals surface area (Å²) in [4.78, 5) is 16.8. The topological polar surface area (TPSA) is 53.6 Å². The molecule has 38 heavy (non-hydrogen) atoms. The zero-order valence-electron chi connectivity index (χ0n) is 21.5. The molecule has 0 bridgehead atoms. The van der Waals surface area contributed by atoms with Crippen LogP contribution in [0.25, 0.3) is 27.9 Å². The van der Waals surface area contributed by atoms with Gasteiger partial charge in [-0.25, -0.2) is 13.6 Å². The molecule has 5 rings (SSSR count). The van der Waals surface area contributed by atoms with Crippen molar-refractivity contribution in [2.75, 3.05) is 31.1 Å². The summed E-state index contributed by atoms with van der Waals surface area (Å²) in [5.41, 5.74) is 2.12. The summed E-state index contributed by atoms with van der Waals surface area (Å²) in [6, 6.07) is 12.3. The van der Waals surface area contributed by atoms with Crippen molar-refractivity contribution >= 4 is 17.3 Å². The number of anilines is 1. The first kappa shape index (κ1) is 26.0. The quantitative estimate of drug-likeness (QED) is 0.355. The van der Waals surface area contributed by atoms with E-state index in [1.165, 1.54) is 33.4 Å². The Morgan fingerprint density at radius 1 is 0.868 bits per heavy atom. The zero-order chi connectivity index (χ0) is 27.1. The molecule has 1 saturated heterocycles. The number of phenols is 1. The Hall–Kier alpha value is -3.62. The maximum Gasteiger partial charge on any atom is 0.332 e. The first-order chi connectivity index (χ1) is 18.1. The minimum atomic E-state index is -0.580. The highest BCUT2D eigenvalue weighted by Gasteiger charge is 2.21. The third-order valence-corrected chi connectivity index (χ3v) is 7.45. The molecule has 0 atom stereocenters. The molecule has 1 N–H and O–H groups in total. The van der Waals surface area contributed by atoms with Crippen molar-refractivity contribution in [2.45, 2.75) is 19.9 Å². The molecule has 4 aromatic rings. The average molecular weight is 539 g/mol. The van der Waals surface area contributed by atoms with Gasteiger partial charge in [-0.3, -0.25) is 9.47 Å². The Morgan fingerprint density at radius 3 is 2.13 bits per heavy atom. The Balaban J connectivity index is 1.51. The summed E-state index contributed by atoms with van der Waals surface area (Å²) in [7, 11) is 1.64. The number of hydrogen-bond donors (Lipinski definition) is 1. The van der Waals surface area contributed by atoms with Gasteiger partial charge in [0.05, 0.1) is 10.7 Å². The summed E-state index contributed by atoms with van der Waals surface area (Å²) in [5.74, 6) is -1.23. The molecule has 9 heteroatoms. The number of benzene rings is 3. The molecular weight excluding hydrogens is 510 g/mol. The van der Waals surface area contributed by atoms with Gasteiger partial charge in [0.1, 0.15) is 17.4 Å². The van der Waals surface area contributed by atoms with E-state index in [-0.39, 0.29) is 27.6 Å². The molecule has 3 aromatic carbocycles. The summed E-state index contributed by atoms with van der Waals surface area (Å²) < 4.78 is 32.4. The number of nitrogens with zero attached hydrogens (tertiary/aromatic N) is 4. The van der Waals surface area contributed by atoms with Crippen molar-refractivity contribution in [1.82, 2.24) is 14.0 Å². The van der Waals surface area contributed by atoms with Crippen molar-refractivity contribution in [3.8, 4) is 33.7 Å². The van der Waals surface area contributed by atoms with E-state index in [0.29, 0.717) is 28.5 Å². The Labute approximate surface area is 224 Å². The van der Waals surface area contributed by atoms with E-state index < -0.39 is 11.6 Å². The van der Waals surface area contributed by atoms with Crippen LogP contribution in [0.5, 0.6) is 5.75 Å². The molecule has 1 aromatic heterocycles. The minimum Gasteiger partial charge on any atom is -0.507 e. The van der Waals surface area contributed by atoms with Gasteiger partial charge in [0.2, 0.25) is 0 Å². The predicted octanol–water partition coefficient (Wildman–Crippen LogP) is 5.68. The van der Waals surface area contributed by atoms with Gasteiger partial charge in [-0.1, -0.05) is 17.7 Å². The van der Waals surface area contributed by atoms with E-state index in [1.807, 2.05) is 0 Å². The molecular formula is C29H29ClF2N4O2. The molecule has 2 heterocycles. The number of rotatable bonds is 5. The lowest BCUT2D eigenvalue weighted by atomic mass is 9.96. The lowest BCUT2D eigenvalue weighted by molar-refractivity contribution is 0.209. The van der Waals surface area contributed by atoms with E-state index in [1.54, 1.807) is 43.7 Å². The number of imidazole rings is 1. The second kappa shape index (κ2) is 10.3. The van der Waals surface area contributed by atoms with E-state index in [9.17, 15) is 18.7 Å². The van der Waals surface area contributed by atoms with Crippen LogP contribution in [0.15, 0.2) is 65.7 Å². The molecule has 0 amide bonds. The van der Waals surface area contributed by atoms with Crippen molar-refractivity contribution in [1.29, 1.82) is 0 Å². The van der Waals surface area contributed by atoms with Crippen LogP contribution in [-0.2, 0) is 7.05 Å². The number of halogens is 3. The fourth-order valence-electron chi connectivity index (χ4n) is 4.97. The summed E-state index contributed by atoms with van der Waals surface area (Å²) in [5, 5.41) is 11.5. The van der Waals surface area contributed by atoms with E-state index >= 15 is 0 Å². The van der Waals surface area contributed by atoms with Crippen molar-refractivity contribution in [2.24, 2.45) is 7.05 Å². The normalized spacial score (nSPS) is 14.4. The molecule has 6 nitrogen and oxygen atoms in total. The van der Waals surface area contributed by atoms with Gasteiger partial charge >= 0.3 is 5.69 Å². The largest absolute Gasteiger partial charge is 0.507 e. The van der Waals surface area contributed by atoms with Gasteiger partial charge in [0.15, 0.2) is 0 Å². The van der Waals surface area contributed by atoms with Crippen LogP contribution in [-0.4, -0.2) is 51.4 Å². The summed E-state index contributed by atoms with van der Waals surface area (Å²) >= 11 is 6.50. The fraction of sp³-hybridized carbons (Fsp3) is 0.276. The van der Waals surface area contributed by atoms with Crippen LogP contribution in [0.3, 0.4) is 0 Å². The van der Waals surface area contributed by atoms with Gasteiger partial charge in [0.25, 0.3) is 0 Å². The number of aromatic hydroxyl groups is 1. The maximum absolute atomic E-state index is 14.9. The smallest absolute Gasteiger partial charge is 0.332 e. The predicted molar refractivity (Wildman–Crippen MR) is 147 cm³/mol. The van der Waals surface area contributed by atoms with Gasteiger partial charge < -0.3 is 14.6 Å². The van der Waals surface area contributed by atoms with E-state index in [4.69, 9.17) is 11.6 Å². The van der Waals surface area contributed by atoms with Crippen LogP contribution in [0.1, 0.15) is 13.8 Å². The Morgan fingerprint density at radius 2 is 1.53 bits per heavy atom. The Kier molecular flexibility index (Phi) is 7.03. The first-order valence-corrected chi connectivity index (χ1v) is 12.9. The van der Waals surface area contributed by atoms with Crippen molar-refractivity contribution < 1.29 is 13.9 Å². The molecule has 0 saturated carbocycles. The number of aryl methyl sites for hydroxylation is 1. The molecule has 1 fully saturated rings. The highest BCUT2D eigenvalue weighted by molar-refractivity contribution is 6.32. The SMILES string of the molecule is CC(C)N1CCN(c2cc(F)cc(-c3cc(F)cc(-c4ccc(-n5ccn(C)c5=O)c(Cl)c4)c3O)c2)CC1. The van der Waals surface area contributed by atoms with Crippen LogP contribution in [0.4, 0.5) is 14.5 Å². The van der Waals surface area contributed by atoms with Gasteiger partial charge in [-0.2, -0.15) is 0 Å². The monoisotopic (exact) mass is 538 g/mol. The molecule has 0 unspecified atom stereocenters. The molecule has 0 spiro atoms. The summed E-state index contributed by atoms with van der Waals surface area (Å²) in [6.07, 6.45) is 3.22. The van der Waals surface area contributed by atoms with E-state index in [0.717, 1.165) is 26.2 Å². The second-order valence-corrected chi connectivity index (χ2v) is 10.3. The standard InChI is InChI=1S/C29H29ClF2N4O2/c1-18(2)34-7-9-35(10-8-34)23-13-20(12-21(31)15-23)25-17-22(32)16-24(28(25)37)19-4-5-27(26(30)14-19)36-11-6-33(3)29(36)38/h4-6,11-18,37H,7-10H2,1-3H3. The number of hydrogen-bond acceptors (Lipinski definition) is 4. The molecule has 0 aliphatic carbocycles. The highest BCUT2D eigenvalue weighted by atomic mass is 35.5. The van der Waals surface area contributed by atoms with Crippen LogP contribution in [0.2, 0.25) is 5.02 Å². The lowest BCUT2D eigenvalue weighted by Gasteiger charge is -2.38. The summed E-state index contributed by atoms with van der Waals surface area (Å²) in [6.45, 7) is 7.54. The van der Waals surface area contributed by atoms with Crippen LogP contribution < -0.4 is 10.6 Å². The maximum atomic E-state index is 14.9. The number of phenolic OH excluding ortho intramolecular Hbond substituents is 1. The zero-order valence-corrected chi connectivity index (χ0v) is 22.2. The molecule has 1 aliphatic heterocycles. The molecule has 198 valence electrons. The highest BCUT2D eigenvalue weighted by Crippen LogP contribution is 2.41. The van der Waals surface area contributed by atoms with Gasteiger partial charge in [-0.15, -0.1) is 0 Å². The van der Waals surface area contributed by atoms with Crippen LogP contribution in [0, 0.1) is 11.6 Å². The van der Waals surface area contributed by atoms with Gasteiger partial charge in [-0.05, 0) is 67.4 Å². The van der Waals surface area contributed by atoms with Crippen molar-refractivity contribution in [3.63, 3.8) is 0 Å². The Bertz CT molecular complexity index is 1550. The second-order valence-electron chi connectivity index (χ2n) is 9.89. The lowest BCUT2D eigenvalue weighted by Crippen LogP contribution is -2.48. The third-order valence-electron chi connectivity index (χ3n) is 7.14. The minimum absolute atomic E-state index is 0.182. The molecule has 1 aliphatic rings. The third kappa shape index (κ3) is 4.93. The molecule has 0 radical (unpaired) electrons. The van der Waals surface area contributed by atoms with Gasteiger partial charge in [0, 0.05) is 68.5 Å². The van der Waals surface area contributed by atoms with E-state index in [2.05, 4.69) is 23.6 Å². The number of piperazine rings is 1.